The molecule has 160 valence electrons. The Morgan fingerprint density at radius 2 is 1.84 bits per heavy atom. The molecule has 10 nitrogen and oxygen atoms in total. The lowest BCUT2D eigenvalue weighted by molar-refractivity contribution is -0.136. The third-order valence-electron chi connectivity index (χ3n) is 6.03. The van der Waals surface area contributed by atoms with Crippen LogP contribution in [-0.4, -0.2) is 57.4 Å². The van der Waals surface area contributed by atoms with E-state index in [1.807, 2.05) is 10.9 Å². The molecule has 0 aliphatic carbocycles. The molecule has 4 amide bonds. The molecule has 3 N–H and O–H groups in total. The molecule has 1 aromatic heterocycles. The van der Waals surface area contributed by atoms with Gasteiger partial charge in [-0.3, -0.25) is 34.1 Å². The smallest absolute Gasteiger partial charge is 0.264 e. The fourth-order valence-corrected chi connectivity index (χ4v) is 4.45. The van der Waals surface area contributed by atoms with Crippen molar-refractivity contribution in [2.24, 2.45) is 0 Å². The zero-order valence-electron chi connectivity index (χ0n) is 16.8. The molecule has 0 spiro atoms. The number of imide groups is 2. The van der Waals surface area contributed by atoms with Crippen molar-refractivity contribution in [3.63, 3.8) is 0 Å². The highest BCUT2D eigenvalue weighted by Crippen LogP contribution is 2.34. The topological polar surface area (TPSA) is 125 Å². The van der Waals surface area contributed by atoms with Crippen LogP contribution in [0.5, 0.6) is 0 Å². The maximum Gasteiger partial charge on any atom is 0.264 e. The lowest BCUT2D eigenvalue weighted by Gasteiger charge is -2.27. The van der Waals surface area contributed by atoms with Crippen molar-refractivity contribution in [1.29, 1.82) is 0 Å². The average molecular weight is 422 g/mol. The van der Waals surface area contributed by atoms with E-state index in [2.05, 4.69) is 21.0 Å². The first-order chi connectivity index (χ1) is 15.0. The van der Waals surface area contributed by atoms with Gasteiger partial charge in [0, 0.05) is 12.6 Å². The number of carbonyl (C=O) groups is 4. The Labute approximate surface area is 178 Å². The first-order valence-electron chi connectivity index (χ1n) is 10.4. The van der Waals surface area contributed by atoms with Crippen molar-refractivity contribution in [2.45, 2.75) is 37.8 Å². The van der Waals surface area contributed by atoms with Gasteiger partial charge in [-0.15, -0.1) is 0 Å². The van der Waals surface area contributed by atoms with Gasteiger partial charge in [0.2, 0.25) is 11.8 Å². The SMILES string of the molecule is O=C1CCC(N2C(=O)c3cccc(Nc4cnn(C5CCNCC5)c4)c3C2=O)C(=O)N1. The summed E-state index contributed by atoms with van der Waals surface area (Å²) in [6, 6.07) is 4.33. The van der Waals surface area contributed by atoms with Gasteiger partial charge in [-0.05, 0) is 44.5 Å². The van der Waals surface area contributed by atoms with Crippen molar-refractivity contribution in [1.82, 2.24) is 25.3 Å². The van der Waals surface area contributed by atoms with Crippen LogP contribution >= 0.6 is 0 Å². The van der Waals surface area contributed by atoms with Crippen molar-refractivity contribution in [3.05, 3.63) is 41.7 Å². The summed E-state index contributed by atoms with van der Waals surface area (Å²) in [7, 11) is 0. The highest BCUT2D eigenvalue weighted by Gasteiger charge is 2.45. The molecule has 2 saturated heterocycles. The second-order valence-electron chi connectivity index (χ2n) is 7.99. The van der Waals surface area contributed by atoms with Gasteiger partial charge in [0.25, 0.3) is 11.8 Å². The van der Waals surface area contributed by atoms with Crippen LogP contribution in [0.3, 0.4) is 0 Å². The number of hydrogen-bond acceptors (Lipinski definition) is 7. The zero-order chi connectivity index (χ0) is 21.5. The third-order valence-corrected chi connectivity index (χ3v) is 6.03. The summed E-state index contributed by atoms with van der Waals surface area (Å²) in [5.41, 5.74) is 1.67. The Morgan fingerprint density at radius 1 is 1.03 bits per heavy atom. The minimum Gasteiger partial charge on any atom is -0.352 e. The van der Waals surface area contributed by atoms with E-state index in [0.29, 0.717) is 17.4 Å². The van der Waals surface area contributed by atoms with Gasteiger partial charge in [0.05, 0.1) is 34.7 Å². The molecule has 4 heterocycles. The Balaban J connectivity index is 1.40. The number of carbonyl (C=O) groups excluding carboxylic acids is 4. The molecule has 0 bridgehead atoms. The maximum absolute atomic E-state index is 13.2. The molecule has 3 aliphatic rings. The first kappa shape index (κ1) is 19.4. The summed E-state index contributed by atoms with van der Waals surface area (Å²) in [6.45, 7) is 1.90. The van der Waals surface area contributed by atoms with Crippen LogP contribution < -0.4 is 16.0 Å². The number of anilines is 2. The lowest BCUT2D eigenvalue weighted by atomic mass is 10.0. The van der Waals surface area contributed by atoms with Crippen LogP contribution in [0.15, 0.2) is 30.6 Å². The van der Waals surface area contributed by atoms with E-state index in [4.69, 9.17) is 0 Å². The van der Waals surface area contributed by atoms with Crippen molar-refractivity contribution >= 4 is 35.0 Å². The van der Waals surface area contributed by atoms with E-state index < -0.39 is 29.7 Å². The van der Waals surface area contributed by atoms with Crippen LogP contribution in [0.1, 0.15) is 52.4 Å². The van der Waals surface area contributed by atoms with E-state index >= 15 is 0 Å². The number of rotatable bonds is 4. The summed E-state index contributed by atoms with van der Waals surface area (Å²) in [6.07, 6.45) is 5.80. The van der Waals surface area contributed by atoms with E-state index in [0.717, 1.165) is 30.8 Å². The second kappa shape index (κ2) is 7.62. The number of fused-ring (bicyclic) bond motifs is 1. The summed E-state index contributed by atoms with van der Waals surface area (Å²) >= 11 is 0. The number of nitrogens with zero attached hydrogens (tertiary/aromatic N) is 3. The highest BCUT2D eigenvalue weighted by molar-refractivity contribution is 6.25. The number of hydrogen-bond donors (Lipinski definition) is 3. The molecule has 1 unspecified atom stereocenters. The standard InChI is InChI=1S/C21H22N6O4/c28-17-5-4-16(19(29)25-17)27-20(30)14-2-1-3-15(18(14)21(27)31)24-12-10-23-26(11-12)13-6-8-22-9-7-13/h1-3,10-11,13,16,22,24H,4-9H2,(H,25,28,29). The quantitative estimate of drug-likeness (QED) is 0.627. The molecule has 2 fully saturated rings. The highest BCUT2D eigenvalue weighted by atomic mass is 16.2. The average Bonchev–Trinajstić information content (AvgIpc) is 3.33. The number of aromatic nitrogens is 2. The van der Waals surface area contributed by atoms with Gasteiger partial charge in [0.15, 0.2) is 0 Å². The third kappa shape index (κ3) is 3.38. The molecule has 5 rings (SSSR count). The molecule has 1 atom stereocenters. The number of benzene rings is 1. The number of nitrogens with one attached hydrogen (secondary N) is 3. The zero-order valence-corrected chi connectivity index (χ0v) is 16.8. The molecule has 3 aliphatic heterocycles. The number of piperidine rings is 2. The van der Waals surface area contributed by atoms with Crippen LogP contribution in [0, 0.1) is 0 Å². The minimum absolute atomic E-state index is 0.0881. The number of amides is 4. The molecule has 0 saturated carbocycles. The van der Waals surface area contributed by atoms with E-state index in [1.165, 1.54) is 0 Å². The minimum atomic E-state index is -0.986. The van der Waals surface area contributed by atoms with Gasteiger partial charge in [-0.25, -0.2) is 0 Å². The van der Waals surface area contributed by atoms with Gasteiger partial charge in [-0.2, -0.15) is 5.10 Å². The fourth-order valence-electron chi connectivity index (χ4n) is 4.45. The van der Waals surface area contributed by atoms with Crippen molar-refractivity contribution in [3.8, 4) is 0 Å². The normalized spacial score (nSPS) is 21.9. The van der Waals surface area contributed by atoms with E-state index in [9.17, 15) is 19.2 Å². The fraction of sp³-hybridized carbons (Fsp3) is 0.381. The monoisotopic (exact) mass is 422 g/mol. The van der Waals surface area contributed by atoms with Crippen LogP contribution in [-0.2, 0) is 9.59 Å². The van der Waals surface area contributed by atoms with Crippen LogP contribution in [0.4, 0.5) is 11.4 Å². The lowest BCUT2D eigenvalue weighted by Crippen LogP contribution is -2.54. The summed E-state index contributed by atoms with van der Waals surface area (Å²) in [5, 5.41) is 13.2. The first-order valence-corrected chi connectivity index (χ1v) is 10.4. The Kier molecular flexibility index (Phi) is 4.78. The molecular formula is C21H22N6O4. The second-order valence-corrected chi connectivity index (χ2v) is 7.99. The van der Waals surface area contributed by atoms with Crippen molar-refractivity contribution < 1.29 is 19.2 Å². The molecule has 2 aromatic rings. The summed E-state index contributed by atoms with van der Waals surface area (Å²) in [5.74, 6) is -2.08. The Morgan fingerprint density at radius 3 is 2.61 bits per heavy atom. The summed E-state index contributed by atoms with van der Waals surface area (Å²) in [4.78, 5) is 50.8. The largest absolute Gasteiger partial charge is 0.352 e. The predicted molar refractivity (Wildman–Crippen MR) is 110 cm³/mol. The molecule has 0 radical (unpaired) electrons. The van der Waals surface area contributed by atoms with Crippen LogP contribution in [0.25, 0.3) is 0 Å². The van der Waals surface area contributed by atoms with E-state index in [-0.39, 0.29) is 24.0 Å². The van der Waals surface area contributed by atoms with Gasteiger partial charge in [-0.1, -0.05) is 6.07 Å². The molecular weight excluding hydrogens is 400 g/mol. The summed E-state index contributed by atoms with van der Waals surface area (Å²) < 4.78 is 1.93. The van der Waals surface area contributed by atoms with E-state index in [1.54, 1.807) is 24.4 Å². The van der Waals surface area contributed by atoms with Gasteiger partial charge >= 0.3 is 0 Å². The van der Waals surface area contributed by atoms with Crippen molar-refractivity contribution in [2.75, 3.05) is 18.4 Å². The van der Waals surface area contributed by atoms with Crippen LogP contribution in [0.2, 0.25) is 0 Å². The maximum atomic E-state index is 13.2. The van der Waals surface area contributed by atoms with Gasteiger partial charge < -0.3 is 10.6 Å². The molecule has 31 heavy (non-hydrogen) atoms. The predicted octanol–water partition coefficient (Wildman–Crippen LogP) is 0.952. The molecule has 10 heteroatoms. The Hall–Kier alpha value is -3.53. The van der Waals surface area contributed by atoms with Gasteiger partial charge in [0.1, 0.15) is 6.04 Å². The molecule has 1 aromatic carbocycles. The Bertz CT molecular complexity index is 1090.